The lowest BCUT2D eigenvalue weighted by molar-refractivity contribution is 0.405. The molecule has 0 aliphatic carbocycles. The average Bonchev–Trinajstić information content (AvgIpc) is 3.16. The van der Waals surface area contributed by atoms with E-state index in [9.17, 15) is 5.26 Å². The standard InChI is InChI=1S/C22H18N4OS/c1-27-21-10-8-15(11-22(21)28-2)18-12-17(9-7-16(18)13-23)25-26-14-24-19-5-3-4-6-20(19)26/h3-12,14,25H,1-2H3. The lowest BCUT2D eigenvalue weighted by Gasteiger charge is -2.13. The number of hydrogen-bond donors (Lipinski definition) is 1. The molecule has 6 heteroatoms. The zero-order valence-electron chi connectivity index (χ0n) is 15.5. The number of rotatable bonds is 5. The van der Waals surface area contributed by atoms with Crippen LogP contribution in [0.25, 0.3) is 22.2 Å². The van der Waals surface area contributed by atoms with E-state index in [1.165, 1.54) is 0 Å². The molecule has 0 saturated heterocycles. The summed E-state index contributed by atoms with van der Waals surface area (Å²) in [5.41, 5.74) is 8.60. The zero-order valence-corrected chi connectivity index (χ0v) is 16.3. The molecular formula is C22H18N4OS. The first-order valence-corrected chi connectivity index (χ1v) is 9.91. The summed E-state index contributed by atoms with van der Waals surface area (Å²) < 4.78 is 7.29. The second-order valence-electron chi connectivity index (χ2n) is 6.16. The Bertz CT molecular complexity index is 1190. The number of hydrogen-bond acceptors (Lipinski definition) is 5. The molecule has 0 aliphatic rings. The van der Waals surface area contributed by atoms with Crippen LogP contribution in [0.3, 0.4) is 0 Å². The molecule has 138 valence electrons. The van der Waals surface area contributed by atoms with E-state index in [0.717, 1.165) is 38.5 Å². The number of fused-ring (bicyclic) bond motifs is 1. The summed E-state index contributed by atoms with van der Waals surface area (Å²) in [6, 6.07) is 21.9. The van der Waals surface area contributed by atoms with Crippen LogP contribution in [0.2, 0.25) is 0 Å². The number of nitrogens with one attached hydrogen (secondary N) is 1. The Kier molecular flexibility index (Phi) is 4.92. The molecular weight excluding hydrogens is 368 g/mol. The largest absolute Gasteiger partial charge is 0.496 e. The minimum Gasteiger partial charge on any atom is -0.496 e. The number of aromatic nitrogens is 2. The smallest absolute Gasteiger partial charge is 0.132 e. The number of thioether (sulfide) groups is 1. The van der Waals surface area contributed by atoms with Gasteiger partial charge in [0.1, 0.15) is 12.1 Å². The first-order valence-electron chi connectivity index (χ1n) is 8.69. The number of nitrogens with zero attached hydrogens (tertiary/aromatic N) is 3. The molecule has 0 bridgehead atoms. The molecule has 0 radical (unpaired) electrons. The Labute approximate surface area is 167 Å². The van der Waals surface area contributed by atoms with Crippen LogP contribution in [-0.4, -0.2) is 23.0 Å². The fourth-order valence-corrected chi connectivity index (χ4v) is 3.74. The number of benzene rings is 3. The maximum atomic E-state index is 9.58. The van der Waals surface area contributed by atoms with Gasteiger partial charge < -0.3 is 4.74 Å². The van der Waals surface area contributed by atoms with E-state index in [-0.39, 0.29) is 0 Å². The van der Waals surface area contributed by atoms with Gasteiger partial charge in [-0.15, -0.1) is 11.8 Å². The predicted octanol–water partition coefficient (Wildman–Crippen LogP) is 5.18. The van der Waals surface area contributed by atoms with E-state index in [0.29, 0.717) is 5.56 Å². The average molecular weight is 386 g/mol. The van der Waals surface area contributed by atoms with Crippen LogP contribution in [-0.2, 0) is 0 Å². The van der Waals surface area contributed by atoms with Crippen molar-refractivity contribution in [2.45, 2.75) is 4.90 Å². The molecule has 4 rings (SSSR count). The third-order valence-electron chi connectivity index (χ3n) is 4.54. The Morgan fingerprint density at radius 3 is 2.75 bits per heavy atom. The van der Waals surface area contributed by atoms with Gasteiger partial charge in [-0.25, -0.2) is 9.66 Å². The first kappa shape index (κ1) is 18.0. The normalized spacial score (nSPS) is 10.6. The Balaban J connectivity index is 1.75. The maximum absolute atomic E-state index is 9.58. The number of methoxy groups -OCH3 is 1. The second kappa shape index (κ2) is 7.67. The molecule has 1 aromatic heterocycles. The summed E-state index contributed by atoms with van der Waals surface area (Å²) in [7, 11) is 1.66. The molecule has 1 heterocycles. The highest BCUT2D eigenvalue weighted by Crippen LogP contribution is 2.34. The van der Waals surface area contributed by atoms with Crippen LogP contribution in [0.4, 0.5) is 5.69 Å². The van der Waals surface area contributed by atoms with Crippen molar-refractivity contribution in [3.05, 3.63) is 72.6 Å². The van der Waals surface area contributed by atoms with E-state index in [1.807, 2.05) is 65.5 Å². The lowest BCUT2D eigenvalue weighted by atomic mass is 9.99. The van der Waals surface area contributed by atoms with E-state index in [2.05, 4.69) is 22.5 Å². The third kappa shape index (κ3) is 3.28. The third-order valence-corrected chi connectivity index (χ3v) is 5.30. The summed E-state index contributed by atoms with van der Waals surface area (Å²) in [4.78, 5) is 5.43. The topological polar surface area (TPSA) is 62.9 Å². The predicted molar refractivity (Wildman–Crippen MR) is 114 cm³/mol. The van der Waals surface area contributed by atoms with E-state index in [4.69, 9.17) is 4.74 Å². The van der Waals surface area contributed by atoms with Crippen LogP contribution in [0.15, 0.2) is 71.9 Å². The second-order valence-corrected chi connectivity index (χ2v) is 7.01. The van der Waals surface area contributed by atoms with E-state index in [1.54, 1.807) is 25.2 Å². The van der Waals surface area contributed by atoms with Gasteiger partial charge in [-0.05, 0) is 54.3 Å². The molecule has 3 aromatic carbocycles. The van der Waals surface area contributed by atoms with Gasteiger partial charge in [0.15, 0.2) is 0 Å². The van der Waals surface area contributed by atoms with Gasteiger partial charge in [0, 0.05) is 10.5 Å². The summed E-state index contributed by atoms with van der Waals surface area (Å²) in [6.07, 6.45) is 3.76. The summed E-state index contributed by atoms with van der Waals surface area (Å²) in [6.45, 7) is 0. The van der Waals surface area contributed by atoms with Gasteiger partial charge in [0.05, 0.1) is 35.5 Å². The van der Waals surface area contributed by atoms with Crippen molar-refractivity contribution in [1.29, 1.82) is 5.26 Å². The number of ether oxygens (including phenoxy) is 1. The number of imidazole rings is 1. The van der Waals surface area contributed by atoms with E-state index >= 15 is 0 Å². The maximum Gasteiger partial charge on any atom is 0.132 e. The van der Waals surface area contributed by atoms with Gasteiger partial charge in [0.2, 0.25) is 0 Å². The minimum atomic E-state index is 0.623. The fourth-order valence-electron chi connectivity index (χ4n) is 3.14. The highest BCUT2D eigenvalue weighted by atomic mass is 32.2. The monoisotopic (exact) mass is 386 g/mol. The summed E-state index contributed by atoms with van der Waals surface area (Å²) >= 11 is 1.62. The molecule has 0 spiro atoms. The highest BCUT2D eigenvalue weighted by Gasteiger charge is 2.11. The molecule has 0 fully saturated rings. The molecule has 1 N–H and O–H groups in total. The van der Waals surface area contributed by atoms with Crippen LogP contribution in [0.1, 0.15) is 5.56 Å². The van der Waals surface area contributed by atoms with Gasteiger partial charge in [-0.3, -0.25) is 5.43 Å². The molecule has 5 nitrogen and oxygen atoms in total. The molecule has 4 aromatic rings. The molecule has 0 unspecified atom stereocenters. The Hall–Kier alpha value is -3.43. The van der Waals surface area contributed by atoms with Crippen LogP contribution >= 0.6 is 11.8 Å². The van der Waals surface area contributed by atoms with Crippen molar-refractivity contribution in [1.82, 2.24) is 9.66 Å². The van der Waals surface area contributed by atoms with Crippen molar-refractivity contribution in [2.75, 3.05) is 18.8 Å². The van der Waals surface area contributed by atoms with Crippen LogP contribution in [0.5, 0.6) is 5.75 Å². The van der Waals surface area contributed by atoms with Crippen LogP contribution < -0.4 is 10.2 Å². The molecule has 28 heavy (non-hydrogen) atoms. The van der Waals surface area contributed by atoms with Gasteiger partial charge >= 0.3 is 0 Å². The number of para-hydroxylation sites is 2. The number of nitriles is 1. The summed E-state index contributed by atoms with van der Waals surface area (Å²) in [5, 5.41) is 9.58. The summed E-state index contributed by atoms with van der Waals surface area (Å²) in [5.74, 6) is 0.828. The van der Waals surface area contributed by atoms with Crippen molar-refractivity contribution >= 4 is 28.5 Å². The van der Waals surface area contributed by atoms with Crippen molar-refractivity contribution < 1.29 is 4.74 Å². The Morgan fingerprint density at radius 2 is 1.96 bits per heavy atom. The number of anilines is 1. The van der Waals surface area contributed by atoms with E-state index < -0.39 is 0 Å². The SMILES string of the molecule is COc1ccc(-c2cc(Nn3cnc4ccccc43)ccc2C#N)cc1SC. The molecule has 0 amide bonds. The molecule has 0 aliphatic heterocycles. The quantitative estimate of drug-likeness (QED) is 0.479. The molecule has 0 atom stereocenters. The minimum absolute atomic E-state index is 0.623. The zero-order chi connectivity index (χ0) is 19.5. The lowest BCUT2D eigenvalue weighted by Crippen LogP contribution is -2.07. The van der Waals surface area contributed by atoms with Gasteiger partial charge in [-0.1, -0.05) is 18.2 Å². The Morgan fingerprint density at radius 1 is 1.11 bits per heavy atom. The molecule has 0 saturated carbocycles. The van der Waals surface area contributed by atoms with Gasteiger partial charge in [0.25, 0.3) is 0 Å². The van der Waals surface area contributed by atoms with Crippen molar-refractivity contribution in [3.63, 3.8) is 0 Å². The fraction of sp³-hybridized carbons (Fsp3) is 0.0909. The van der Waals surface area contributed by atoms with Gasteiger partial charge in [-0.2, -0.15) is 5.26 Å². The van der Waals surface area contributed by atoms with Crippen molar-refractivity contribution in [3.8, 4) is 22.9 Å². The first-order chi connectivity index (χ1) is 13.7. The van der Waals surface area contributed by atoms with Crippen molar-refractivity contribution in [2.24, 2.45) is 0 Å². The van der Waals surface area contributed by atoms with Crippen LogP contribution in [0, 0.1) is 11.3 Å². The highest BCUT2D eigenvalue weighted by molar-refractivity contribution is 7.98.